The molecule has 0 radical (unpaired) electrons. The van der Waals surface area contributed by atoms with Gasteiger partial charge in [0.05, 0.1) is 5.88 Å². The minimum Gasteiger partial charge on any atom is -0.242 e. The Balaban J connectivity index is 2.60. The third-order valence-corrected chi connectivity index (χ3v) is 0.787. The van der Waals surface area contributed by atoms with Crippen LogP contribution in [0.2, 0.25) is 0 Å². The smallest absolute Gasteiger partial charge is 0.108 e. The van der Waals surface area contributed by atoms with Crippen molar-refractivity contribution >= 4 is 11.0 Å². The lowest BCUT2D eigenvalue weighted by atomic mass is 11.6. The van der Waals surface area contributed by atoms with Gasteiger partial charge in [-0.25, -0.2) is 8.93 Å². The monoisotopic (exact) mass is 77.0 g/mol. The summed E-state index contributed by atoms with van der Waals surface area (Å²) in [6.45, 7) is 0. The second-order valence-electron chi connectivity index (χ2n) is 0.634. The topological polar surface area (TPSA) is 39.0 Å². The molecule has 1 N–H and O–H groups in total. The Morgan fingerprint density at radius 1 is 2.00 bits per heavy atom. The number of hydrogen-bond donors (Lipinski definition) is 1. The van der Waals surface area contributed by atoms with Gasteiger partial charge in [0.1, 0.15) is 11.0 Å². The van der Waals surface area contributed by atoms with Crippen molar-refractivity contribution in [3.63, 3.8) is 0 Å². The second kappa shape index (κ2) is 0.530. The predicted octanol–water partition coefficient (Wildman–Crippen LogP) is -0.789. The van der Waals surface area contributed by atoms with E-state index in [-0.39, 0.29) is 0 Å². The number of hydrogen-bond acceptors (Lipinski definition) is 1. The van der Waals surface area contributed by atoms with E-state index in [0.717, 1.165) is 0 Å². The van der Waals surface area contributed by atoms with Gasteiger partial charge in [0.25, 0.3) is 0 Å². The highest BCUT2D eigenvalue weighted by atomic mass is 32.2. The van der Waals surface area contributed by atoms with Crippen LogP contribution in [0.3, 0.4) is 0 Å². The molecule has 1 rings (SSSR count). The summed E-state index contributed by atoms with van der Waals surface area (Å²) in [5.41, 5.74) is 0. The molecular formula is CH3NOS. The fourth-order valence-corrected chi connectivity index (χ4v) is 0.217. The Morgan fingerprint density at radius 2 is 2.25 bits per heavy atom. The fourth-order valence-electron chi connectivity index (χ4n) is 0.0241. The van der Waals surface area contributed by atoms with Crippen LogP contribution < -0.4 is 4.72 Å². The van der Waals surface area contributed by atoms with E-state index in [2.05, 4.69) is 4.72 Å². The molecule has 0 aromatic rings. The molecule has 1 saturated heterocycles. The molecule has 24 valence electrons. The lowest BCUT2D eigenvalue weighted by molar-refractivity contribution is 0.693. The second-order valence-corrected chi connectivity index (χ2v) is 1.90. The van der Waals surface area contributed by atoms with Crippen molar-refractivity contribution in [3.05, 3.63) is 0 Å². The molecule has 3 heteroatoms. The molecule has 0 aromatic carbocycles. The van der Waals surface area contributed by atoms with Crippen LogP contribution in [0.25, 0.3) is 0 Å². The molecule has 1 heterocycles. The van der Waals surface area contributed by atoms with Gasteiger partial charge < -0.3 is 0 Å². The molecule has 0 saturated carbocycles. The van der Waals surface area contributed by atoms with E-state index < -0.39 is 11.0 Å². The molecule has 2 nitrogen and oxygen atoms in total. The van der Waals surface area contributed by atoms with Gasteiger partial charge >= 0.3 is 0 Å². The van der Waals surface area contributed by atoms with Crippen LogP contribution in [-0.2, 0) is 11.0 Å². The Bertz CT molecular complexity index is 46.0. The summed E-state index contributed by atoms with van der Waals surface area (Å²) in [5, 5.41) is 0. The standard InChI is InChI=1S/CH3NOS/c3-4-1-2-4/h2H,1H2. The Hall–Kier alpha value is 0.110. The first-order valence-electron chi connectivity index (χ1n) is 1.01. The van der Waals surface area contributed by atoms with E-state index in [1.54, 1.807) is 0 Å². The van der Waals surface area contributed by atoms with Gasteiger partial charge in [-0.2, -0.15) is 0 Å². The summed E-state index contributed by atoms with van der Waals surface area (Å²) in [7, 11) is -0.611. The molecular weight excluding hydrogens is 74.1 g/mol. The average Bonchev–Trinajstić information content (AvgIpc) is 1.75. The molecule has 0 amide bonds. The predicted molar refractivity (Wildman–Crippen MR) is 16.1 cm³/mol. The molecule has 1 aliphatic rings. The van der Waals surface area contributed by atoms with E-state index in [0.29, 0.717) is 5.88 Å². The molecule has 0 aliphatic carbocycles. The van der Waals surface area contributed by atoms with Crippen LogP contribution in [0, 0.1) is 0 Å². The Morgan fingerprint density at radius 3 is 2.25 bits per heavy atom. The number of rotatable bonds is 0. The summed E-state index contributed by atoms with van der Waals surface area (Å²) >= 11 is 0. The highest BCUT2D eigenvalue weighted by Gasteiger charge is 2.08. The van der Waals surface area contributed by atoms with Gasteiger partial charge in [0, 0.05) is 0 Å². The molecule has 0 aromatic heterocycles. The zero-order valence-corrected chi connectivity index (χ0v) is 2.84. The van der Waals surface area contributed by atoms with E-state index >= 15 is 0 Å². The molecule has 1 atom stereocenters. The van der Waals surface area contributed by atoms with Crippen LogP contribution in [0.1, 0.15) is 0 Å². The van der Waals surface area contributed by atoms with Crippen molar-refractivity contribution in [2.45, 2.75) is 0 Å². The highest BCUT2D eigenvalue weighted by Crippen LogP contribution is 1.82. The van der Waals surface area contributed by atoms with Gasteiger partial charge in [-0.3, -0.25) is 0 Å². The van der Waals surface area contributed by atoms with Crippen molar-refractivity contribution in [3.8, 4) is 0 Å². The van der Waals surface area contributed by atoms with Crippen molar-refractivity contribution < 1.29 is 4.21 Å². The van der Waals surface area contributed by atoms with Gasteiger partial charge in [0.2, 0.25) is 0 Å². The first kappa shape index (κ1) is 2.35. The van der Waals surface area contributed by atoms with Gasteiger partial charge in [0.15, 0.2) is 0 Å². The first-order chi connectivity index (χ1) is 1.89. The van der Waals surface area contributed by atoms with E-state index in [4.69, 9.17) is 0 Å². The first-order valence-corrected chi connectivity index (χ1v) is 2.33. The molecule has 0 spiro atoms. The summed E-state index contributed by atoms with van der Waals surface area (Å²) < 4.78 is 12.1. The van der Waals surface area contributed by atoms with Gasteiger partial charge in [-0.15, -0.1) is 0 Å². The molecule has 4 heavy (non-hydrogen) atoms. The van der Waals surface area contributed by atoms with Crippen LogP contribution in [0.5, 0.6) is 0 Å². The molecule has 1 fully saturated rings. The number of nitrogens with one attached hydrogen (secondary N) is 1. The minimum atomic E-state index is -0.611. The van der Waals surface area contributed by atoms with Crippen molar-refractivity contribution in [1.82, 2.24) is 4.72 Å². The van der Waals surface area contributed by atoms with Crippen LogP contribution >= 0.6 is 0 Å². The minimum absolute atomic E-state index is 0.611. The van der Waals surface area contributed by atoms with Crippen LogP contribution in [0.15, 0.2) is 0 Å². The maximum Gasteiger partial charge on any atom is 0.108 e. The summed E-state index contributed by atoms with van der Waals surface area (Å²) in [6.07, 6.45) is 0. The van der Waals surface area contributed by atoms with E-state index in [1.807, 2.05) is 0 Å². The van der Waals surface area contributed by atoms with Crippen LogP contribution in [0.4, 0.5) is 0 Å². The lowest BCUT2D eigenvalue weighted by Gasteiger charge is -1.30. The maximum absolute atomic E-state index is 9.56. The molecule has 1 aliphatic heterocycles. The zero-order chi connectivity index (χ0) is 2.99. The molecule has 0 bridgehead atoms. The van der Waals surface area contributed by atoms with Gasteiger partial charge in [-0.05, 0) is 0 Å². The van der Waals surface area contributed by atoms with Crippen LogP contribution in [-0.4, -0.2) is 10.1 Å². The normalized spacial score (nSPS) is 39.5. The highest BCUT2D eigenvalue weighted by molar-refractivity contribution is 7.89. The van der Waals surface area contributed by atoms with Crippen molar-refractivity contribution in [2.75, 3.05) is 5.88 Å². The quantitative estimate of drug-likeness (QED) is 0.378. The maximum atomic E-state index is 9.56. The largest absolute Gasteiger partial charge is 0.242 e. The Labute approximate surface area is 26.8 Å². The average molecular weight is 77.1 g/mol. The molecule has 1 unspecified atom stereocenters. The van der Waals surface area contributed by atoms with Crippen molar-refractivity contribution in [1.29, 1.82) is 0 Å². The van der Waals surface area contributed by atoms with Gasteiger partial charge in [-0.1, -0.05) is 0 Å². The summed E-state index contributed by atoms with van der Waals surface area (Å²) in [6, 6.07) is 0. The summed E-state index contributed by atoms with van der Waals surface area (Å²) in [4.78, 5) is 0. The zero-order valence-electron chi connectivity index (χ0n) is 2.02. The summed E-state index contributed by atoms with van der Waals surface area (Å²) in [5.74, 6) is 0.708. The third kappa shape index (κ3) is 0.269. The lowest BCUT2D eigenvalue weighted by Crippen LogP contribution is -1.59. The fraction of sp³-hybridized carbons (Fsp3) is 1.00. The Kier molecular flexibility index (Phi) is 0.312. The third-order valence-electron chi connectivity index (χ3n) is 0.262. The van der Waals surface area contributed by atoms with E-state index in [9.17, 15) is 4.21 Å². The SMILES string of the molecule is O=S1CN1. The van der Waals surface area contributed by atoms with Crippen molar-refractivity contribution in [2.24, 2.45) is 0 Å². The van der Waals surface area contributed by atoms with E-state index in [1.165, 1.54) is 0 Å².